The van der Waals surface area contributed by atoms with Gasteiger partial charge in [-0.15, -0.1) is 0 Å². The smallest absolute Gasteiger partial charge is 0.410 e. The van der Waals surface area contributed by atoms with Crippen LogP contribution in [0.1, 0.15) is 26.3 Å². The Morgan fingerprint density at radius 1 is 1.26 bits per heavy atom. The van der Waals surface area contributed by atoms with Gasteiger partial charge in [0.05, 0.1) is 13.1 Å². The van der Waals surface area contributed by atoms with Crippen molar-refractivity contribution in [3.05, 3.63) is 34.3 Å². The molecule has 23 heavy (non-hydrogen) atoms. The van der Waals surface area contributed by atoms with Gasteiger partial charge >= 0.3 is 12.1 Å². The summed E-state index contributed by atoms with van der Waals surface area (Å²) in [5.74, 6) is -1.04. The van der Waals surface area contributed by atoms with Crippen LogP contribution in [0.15, 0.2) is 28.7 Å². The molecule has 7 heteroatoms. The van der Waals surface area contributed by atoms with Crippen molar-refractivity contribution in [2.75, 3.05) is 19.7 Å². The Labute approximate surface area is 143 Å². The highest BCUT2D eigenvalue weighted by molar-refractivity contribution is 9.10. The van der Waals surface area contributed by atoms with Crippen LogP contribution < -0.4 is 0 Å². The standard InChI is InChI=1S/C16H20BrNO5/c1-15(2,3)23-14(21)18-9-16(10-18,22-8-13(19)20)11-4-6-12(17)7-5-11/h4-7H,8-10H2,1-3H3,(H,19,20). The minimum Gasteiger partial charge on any atom is -0.480 e. The van der Waals surface area contributed by atoms with E-state index in [0.29, 0.717) is 0 Å². The Morgan fingerprint density at radius 3 is 2.30 bits per heavy atom. The lowest BCUT2D eigenvalue weighted by atomic mass is 9.86. The lowest BCUT2D eigenvalue weighted by molar-refractivity contribution is -0.170. The molecule has 0 bridgehead atoms. The average molecular weight is 386 g/mol. The van der Waals surface area contributed by atoms with E-state index in [9.17, 15) is 9.59 Å². The number of aliphatic carboxylic acids is 1. The molecule has 0 saturated carbocycles. The van der Waals surface area contributed by atoms with Crippen LogP contribution in [-0.4, -0.2) is 47.4 Å². The number of carbonyl (C=O) groups excluding carboxylic acids is 1. The Morgan fingerprint density at radius 2 is 1.83 bits per heavy atom. The summed E-state index contributed by atoms with van der Waals surface area (Å²) in [6, 6.07) is 7.44. The number of carboxylic acids is 1. The summed E-state index contributed by atoms with van der Waals surface area (Å²) in [4.78, 5) is 24.4. The number of nitrogens with zero attached hydrogens (tertiary/aromatic N) is 1. The molecule has 1 aliphatic rings. The van der Waals surface area contributed by atoms with Crippen LogP contribution in [0.3, 0.4) is 0 Å². The molecule has 1 amide bonds. The molecular weight excluding hydrogens is 366 g/mol. The summed E-state index contributed by atoms with van der Waals surface area (Å²) >= 11 is 3.36. The summed E-state index contributed by atoms with van der Waals surface area (Å²) < 4.78 is 11.8. The minimum atomic E-state index is -1.04. The number of carboxylic acid groups (broad SMARTS) is 1. The quantitative estimate of drug-likeness (QED) is 0.861. The van der Waals surface area contributed by atoms with E-state index in [1.54, 1.807) is 20.8 Å². The highest BCUT2D eigenvalue weighted by Crippen LogP contribution is 2.37. The Balaban J connectivity index is 2.11. The van der Waals surface area contributed by atoms with Gasteiger partial charge in [-0.1, -0.05) is 28.1 Å². The van der Waals surface area contributed by atoms with Crippen LogP contribution in [-0.2, 0) is 19.9 Å². The van der Waals surface area contributed by atoms with E-state index in [1.807, 2.05) is 24.3 Å². The number of amides is 1. The van der Waals surface area contributed by atoms with Gasteiger partial charge in [0.2, 0.25) is 0 Å². The largest absolute Gasteiger partial charge is 0.480 e. The fourth-order valence-corrected chi connectivity index (χ4v) is 2.60. The van der Waals surface area contributed by atoms with Gasteiger partial charge in [0.15, 0.2) is 0 Å². The first-order valence-corrected chi connectivity index (χ1v) is 8.00. The molecule has 1 aliphatic heterocycles. The molecule has 0 aromatic heterocycles. The summed E-state index contributed by atoms with van der Waals surface area (Å²) in [5, 5.41) is 8.88. The second-order valence-corrected chi connectivity index (χ2v) is 7.44. The number of likely N-dealkylation sites (tertiary alicyclic amines) is 1. The maximum atomic E-state index is 12.1. The van der Waals surface area contributed by atoms with Crippen LogP contribution in [0.4, 0.5) is 4.79 Å². The van der Waals surface area contributed by atoms with Gasteiger partial charge < -0.3 is 19.5 Å². The monoisotopic (exact) mass is 385 g/mol. The first-order valence-electron chi connectivity index (χ1n) is 7.21. The van der Waals surface area contributed by atoms with Gasteiger partial charge in [0.1, 0.15) is 17.8 Å². The normalized spacial score (nSPS) is 16.6. The van der Waals surface area contributed by atoms with Crippen molar-refractivity contribution in [3.63, 3.8) is 0 Å². The highest BCUT2D eigenvalue weighted by atomic mass is 79.9. The molecule has 1 aromatic carbocycles. The predicted octanol–water partition coefficient (Wildman–Crippen LogP) is 3.00. The van der Waals surface area contributed by atoms with Gasteiger partial charge in [0.25, 0.3) is 0 Å². The lowest BCUT2D eigenvalue weighted by Gasteiger charge is -2.49. The predicted molar refractivity (Wildman–Crippen MR) is 87.2 cm³/mol. The van der Waals surface area contributed by atoms with Crippen molar-refractivity contribution in [1.29, 1.82) is 0 Å². The van der Waals surface area contributed by atoms with E-state index in [4.69, 9.17) is 14.6 Å². The lowest BCUT2D eigenvalue weighted by Crippen LogP contribution is -2.63. The van der Waals surface area contributed by atoms with E-state index in [0.717, 1.165) is 10.0 Å². The SMILES string of the molecule is CC(C)(C)OC(=O)N1CC(OCC(=O)O)(c2ccc(Br)cc2)C1. The fraction of sp³-hybridized carbons (Fsp3) is 0.500. The van der Waals surface area contributed by atoms with Crippen molar-refractivity contribution >= 4 is 28.0 Å². The number of rotatable bonds is 4. The van der Waals surface area contributed by atoms with Gasteiger partial charge in [-0.3, -0.25) is 0 Å². The molecule has 0 radical (unpaired) electrons. The van der Waals surface area contributed by atoms with E-state index in [1.165, 1.54) is 4.90 Å². The molecule has 0 atom stereocenters. The topological polar surface area (TPSA) is 76.1 Å². The number of benzene rings is 1. The molecule has 1 fully saturated rings. The second-order valence-electron chi connectivity index (χ2n) is 6.52. The zero-order chi connectivity index (χ0) is 17.3. The minimum absolute atomic E-state index is 0.261. The molecule has 1 saturated heterocycles. The van der Waals surface area contributed by atoms with E-state index in [2.05, 4.69) is 15.9 Å². The third-order valence-corrected chi connectivity index (χ3v) is 3.92. The van der Waals surface area contributed by atoms with Gasteiger partial charge in [-0.05, 0) is 38.5 Å². The zero-order valence-electron chi connectivity index (χ0n) is 13.3. The summed E-state index contributed by atoms with van der Waals surface area (Å²) in [7, 11) is 0. The third-order valence-electron chi connectivity index (χ3n) is 3.39. The maximum Gasteiger partial charge on any atom is 0.410 e. The molecule has 0 spiro atoms. The molecule has 0 unspecified atom stereocenters. The molecule has 1 heterocycles. The number of carbonyl (C=O) groups is 2. The molecule has 1 N–H and O–H groups in total. The van der Waals surface area contributed by atoms with E-state index >= 15 is 0 Å². The zero-order valence-corrected chi connectivity index (χ0v) is 14.9. The van der Waals surface area contributed by atoms with E-state index < -0.39 is 29.9 Å². The fourth-order valence-electron chi connectivity index (χ4n) is 2.34. The van der Waals surface area contributed by atoms with Crippen LogP contribution in [0.25, 0.3) is 0 Å². The van der Waals surface area contributed by atoms with Crippen molar-refractivity contribution < 1.29 is 24.2 Å². The molecule has 2 rings (SSSR count). The van der Waals surface area contributed by atoms with Crippen LogP contribution in [0.5, 0.6) is 0 Å². The van der Waals surface area contributed by atoms with Crippen LogP contribution in [0.2, 0.25) is 0 Å². The molecular formula is C16H20BrNO5. The van der Waals surface area contributed by atoms with Crippen molar-refractivity contribution in [3.8, 4) is 0 Å². The number of hydrogen-bond donors (Lipinski definition) is 1. The Kier molecular flexibility index (Phi) is 5.01. The highest BCUT2D eigenvalue weighted by Gasteiger charge is 2.49. The summed E-state index contributed by atoms with van der Waals surface area (Å²) in [6.07, 6.45) is -0.427. The second kappa shape index (κ2) is 6.49. The first kappa shape index (κ1) is 17.7. The van der Waals surface area contributed by atoms with Gasteiger partial charge in [-0.2, -0.15) is 0 Å². The summed E-state index contributed by atoms with van der Waals surface area (Å²) in [6.45, 7) is 5.50. The Hall–Kier alpha value is -1.60. The molecule has 6 nitrogen and oxygen atoms in total. The van der Waals surface area contributed by atoms with Gasteiger partial charge in [-0.25, -0.2) is 9.59 Å². The van der Waals surface area contributed by atoms with Crippen molar-refractivity contribution in [2.45, 2.75) is 32.0 Å². The van der Waals surface area contributed by atoms with Crippen molar-refractivity contribution in [1.82, 2.24) is 4.90 Å². The number of hydrogen-bond acceptors (Lipinski definition) is 4. The Bertz CT molecular complexity index is 587. The van der Waals surface area contributed by atoms with Crippen LogP contribution in [0, 0.1) is 0 Å². The number of halogens is 1. The summed E-state index contributed by atoms with van der Waals surface area (Å²) in [5.41, 5.74) is -0.549. The molecule has 1 aromatic rings. The van der Waals surface area contributed by atoms with Gasteiger partial charge in [0, 0.05) is 4.47 Å². The van der Waals surface area contributed by atoms with E-state index in [-0.39, 0.29) is 13.1 Å². The third kappa shape index (κ3) is 4.45. The first-order chi connectivity index (χ1) is 10.6. The van der Waals surface area contributed by atoms with Crippen LogP contribution >= 0.6 is 15.9 Å². The average Bonchev–Trinajstić information content (AvgIpc) is 2.36. The molecule has 0 aliphatic carbocycles. The maximum absolute atomic E-state index is 12.1. The van der Waals surface area contributed by atoms with Crippen molar-refractivity contribution in [2.24, 2.45) is 0 Å². The number of ether oxygens (including phenoxy) is 2. The molecule has 126 valence electrons.